The highest BCUT2D eigenvalue weighted by Gasteiger charge is 2.19. The minimum absolute atomic E-state index is 0.0558. The molecule has 0 heterocycles. The fourth-order valence-electron chi connectivity index (χ4n) is 3.79. The van der Waals surface area contributed by atoms with E-state index in [4.69, 9.17) is 4.74 Å². The van der Waals surface area contributed by atoms with Crippen molar-refractivity contribution in [2.75, 3.05) is 10.6 Å². The van der Waals surface area contributed by atoms with Crippen molar-refractivity contribution in [3.05, 3.63) is 89.2 Å². The Bertz CT molecular complexity index is 1140. The summed E-state index contributed by atoms with van der Waals surface area (Å²) in [4.78, 5) is 25.4. The van der Waals surface area contributed by atoms with E-state index in [-0.39, 0.29) is 17.6 Å². The lowest BCUT2D eigenvalue weighted by atomic mass is 10.1. The summed E-state index contributed by atoms with van der Waals surface area (Å²) in [6.07, 6.45) is 4.53. The molecule has 0 aromatic heterocycles. The van der Waals surface area contributed by atoms with E-state index >= 15 is 0 Å². The maximum absolute atomic E-state index is 13.9. The van der Waals surface area contributed by atoms with Crippen LogP contribution in [-0.4, -0.2) is 17.9 Å². The number of carbonyl (C=O) groups excluding carboxylic acids is 2. The quantitative estimate of drug-likeness (QED) is 0.505. The zero-order chi connectivity index (χ0) is 22.5. The monoisotopic (exact) mass is 432 g/mol. The Labute approximate surface area is 186 Å². The van der Waals surface area contributed by atoms with Crippen LogP contribution >= 0.6 is 0 Å². The zero-order valence-corrected chi connectivity index (χ0v) is 17.9. The fourth-order valence-corrected chi connectivity index (χ4v) is 3.79. The van der Waals surface area contributed by atoms with Gasteiger partial charge in [-0.25, -0.2) is 4.39 Å². The molecule has 2 amide bonds. The number of nitrogens with one attached hydrogen (secondary N) is 2. The molecule has 0 saturated heterocycles. The molecular weight excluding hydrogens is 407 g/mol. The number of rotatable bonds is 6. The molecule has 0 unspecified atom stereocenters. The summed E-state index contributed by atoms with van der Waals surface area (Å²) in [6.45, 7) is 1.81. The summed E-state index contributed by atoms with van der Waals surface area (Å²) in [7, 11) is 0. The van der Waals surface area contributed by atoms with Gasteiger partial charge in [-0.2, -0.15) is 0 Å². The Morgan fingerprint density at radius 3 is 2.34 bits per heavy atom. The van der Waals surface area contributed by atoms with E-state index in [9.17, 15) is 14.0 Å². The van der Waals surface area contributed by atoms with Gasteiger partial charge in [0.2, 0.25) is 0 Å². The molecule has 3 aromatic carbocycles. The van der Waals surface area contributed by atoms with Crippen molar-refractivity contribution in [1.82, 2.24) is 0 Å². The number of para-hydroxylation sites is 2. The van der Waals surface area contributed by atoms with Gasteiger partial charge in [-0.3, -0.25) is 9.59 Å². The molecule has 0 bridgehead atoms. The van der Waals surface area contributed by atoms with Gasteiger partial charge in [-0.1, -0.05) is 30.3 Å². The van der Waals surface area contributed by atoms with Crippen LogP contribution in [0.15, 0.2) is 66.7 Å². The van der Waals surface area contributed by atoms with Crippen LogP contribution in [0.2, 0.25) is 0 Å². The predicted octanol–water partition coefficient (Wildman–Crippen LogP) is 5.96. The Balaban J connectivity index is 1.50. The molecule has 2 N–H and O–H groups in total. The standard InChI is InChI=1S/C26H25FN2O3/c1-17-14-15-18(16-23(17)29-26(31)20-10-4-5-11-21(20)27)25(30)28-22-12-6-7-13-24(22)32-19-8-2-3-9-19/h4-7,10-16,19H,2-3,8-9H2,1H3,(H,28,30)(H,29,31). The highest BCUT2D eigenvalue weighted by Crippen LogP contribution is 2.30. The van der Waals surface area contributed by atoms with Crippen molar-refractivity contribution in [3.8, 4) is 5.75 Å². The average Bonchev–Trinajstić information content (AvgIpc) is 3.30. The number of anilines is 2. The summed E-state index contributed by atoms with van der Waals surface area (Å²) in [5.41, 5.74) is 2.12. The van der Waals surface area contributed by atoms with Crippen molar-refractivity contribution in [2.45, 2.75) is 38.7 Å². The van der Waals surface area contributed by atoms with Gasteiger partial charge >= 0.3 is 0 Å². The first-order chi connectivity index (χ1) is 15.5. The molecule has 164 valence electrons. The number of hydrogen-bond acceptors (Lipinski definition) is 3. The molecule has 1 fully saturated rings. The van der Waals surface area contributed by atoms with Gasteiger partial charge in [0.25, 0.3) is 11.8 Å². The molecule has 5 nitrogen and oxygen atoms in total. The lowest BCUT2D eigenvalue weighted by Crippen LogP contribution is -2.17. The molecule has 1 aliphatic rings. The number of ether oxygens (including phenoxy) is 1. The Morgan fingerprint density at radius 2 is 1.56 bits per heavy atom. The Kier molecular flexibility index (Phi) is 6.50. The normalized spacial score (nSPS) is 13.6. The van der Waals surface area contributed by atoms with E-state index < -0.39 is 11.7 Å². The average molecular weight is 432 g/mol. The summed E-state index contributed by atoms with van der Waals surface area (Å²) in [6, 6.07) is 18.2. The first-order valence-corrected chi connectivity index (χ1v) is 10.7. The van der Waals surface area contributed by atoms with Crippen LogP contribution in [0.25, 0.3) is 0 Å². The second-order valence-corrected chi connectivity index (χ2v) is 7.94. The topological polar surface area (TPSA) is 67.4 Å². The second kappa shape index (κ2) is 9.64. The molecule has 0 spiro atoms. The highest BCUT2D eigenvalue weighted by atomic mass is 19.1. The largest absolute Gasteiger partial charge is 0.488 e. The molecule has 4 rings (SSSR count). The van der Waals surface area contributed by atoms with Crippen molar-refractivity contribution < 1.29 is 18.7 Å². The molecule has 32 heavy (non-hydrogen) atoms. The molecule has 1 aliphatic carbocycles. The molecular formula is C26H25FN2O3. The van der Waals surface area contributed by atoms with Crippen LogP contribution in [0.1, 0.15) is 52.0 Å². The highest BCUT2D eigenvalue weighted by molar-refractivity contribution is 6.08. The fraction of sp³-hybridized carbons (Fsp3) is 0.231. The number of halogens is 1. The van der Waals surface area contributed by atoms with E-state index in [0.29, 0.717) is 22.7 Å². The molecule has 0 atom stereocenters. The van der Waals surface area contributed by atoms with Crippen molar-refractivity contribution in [3.63, 3.8) is 0 Å². The number of carbonyl (C=O) groups is 2. The van der Waals surface area contributed by atoms with Crippen LogP contribution in [-0.2, 0) is 0 Å². The van der Waals surface area contributed by atoms with Gasteiger partial charge in [-0.05, 0) is 74.6 Å². The van der Waals surface area contributed by atoms with Gasteiger partial charge in [0, 0.05) is 11.3 Å². The van der Waals surface area contributed by atoms with Crippen LogP contribution < -0.4 is 15.4 Å². The minimum atomic E-state index is -0.601. The van der Waals surface area contributed by atoms with E-state index in [1.54, 1.807) is 30.3 Å². The summed E-state index contributed by atoms with van der Waals surface area (Å²) in [5, 5.41) is 5.61. The van der Waals surface area contributed by atoms with Crippen molar-refractivity contribution >= 4 is 23.2 Å². The molecule has 0 aliphatic heterocycles. The van der Waals surface area contributed by atoms with Crippen molar-refractivity contribution in [2.24, 2.45) is 0 Å². The number of hydrogen-bond donors (Lipinski definition) is 2. The van der Waals surface area contributed by atoms with Gasteiger partial charge in [0.05, 0.1) is 17.4 Å². The third kappa shape index (κ3) is 4.97. The Hall–Kier alpha value is -3.67. The number of aryl methyl sites for hydroxylation is 1. The van der Waals surface area contributed by atoms with Gasteiger partial charge in [0.15, 0.2) is 0 Å². The van der Waals surface area contributed by atoms with Gasteiger partial charge < -0.3 is 15.4 Å². The summed E-state index contributed by atoms with van der Waals surface area (Å²) < 4.78 is 20.0. The summed E-state index contributed by atoms with van der Waals surface area (Å²) in [5.74, 6) is -0.851. The molecule has 0 radical (unpaired) electrons. The zero-order valence-electron chi connectivity index (χ0n) is 17.9. The third-order valence-electron chi connectivity index (χ3n) is 5.60. The summed E-state index contributed by atoms with van der Waals surface area (Å²) >= 11 is 0. The number of benzene rings is 3. The van der Waals surface area contributed by atoms with Crippen molar-refractivity contribution in [1.29, 1.82) is 0 Å². The van der Waals surface area contributed by atoms with E-state index in [1.807, 2.05) is 25.1 Å². The van der Waals surface area contributed by atoms with E-state index in [0.717, 1.165) is 31.2 Å². The van der Waals surface area contributed by atoms with Crippen LogP contribution in [0, 0.1) is 12.7 Å². The maximum atomic E-state index is 13.9. The van der Waals surface area contributed by atoms with Crippen LogP contribution in [0.5, 0.6) is 5.75 Å². The Morgan fingerprint density at radius 1 is 0.875 bits per heavy atom. The van der Waals surface area contributed by atoms with E-state index in [2.05, 4.69) is 10.6 Å². The smallest absolute Gasteiger partial charge is 0.258 e. The lowest BCUT2D eigenvalue weighted by Gasteiger charge is -2.17. The first-order valence-electron chi connectivity index (χ1n) is 10.7. The predicted molar refractivity (Wildman–Crippen MR) is 123 cm³/mol. The molecule has 1 saturated carbocycles. The maximum Gasteiger partial charge on any atom is 0.258 e. The second-order valence-electron chi connectivity index (χ2n) is 7.94. The van der Waals surface area contributed by atoms with Gasteiger partial charge in [0.1, 0.15) is 11.6 Å². The molecule has 6 heteroatoms. The lowest BCUT2D eigenvalue weighted by molar-refractivity contribution is 0.101. The minimum Gasteiger partial charge on any atom is -0.488 e. The van der Waals surface area contributed by atoms with E-state index in [1.165, 1.54) is 18.2 Å². The van der Waals surface area contributed by atoms with Crippen LogP contribution in [0.4, 0.5) is 15.8 Å². The van der Waals surface area contributed by atoms with Crippen LogP contribution in [0.3, 0.4) is 0 Å². The SMILES string of the molecule is Cc1ccc(C(=O)Nc2ccccc2OC2CCCC2)cc1NC(=O)c1ccccc1F. The first kappa shape index (κ1) is 21.6. The molecule has 3 aromatic rings. The van der Waals surface area contributed by atoms with Gasteiger partial charge in [-0.15, -0.1) is 0 Å². The number of amides is 2. The third-order valence-corrected chi connectivity index (χ3v) is 5.60.